The van der Waals surface area contributed by atoms with Crippen molar-refractivity contribution >= 4 is 27.3 Å². The van der Waals surface area contributed by atoms with E-state index < -0.39 is 10.0 Å². The van der Waals surface area contributed by atoms with Crippen LogP contribution in [0.25, 0.3) is 0 Å². The lowest BCUT2D eigenvalue weighted by Gasteiger charge is -2.14. The highest BCUT2D eigenvalue weighted by Crippen LogP contribution is 2.22. The Bertz CT molecular complexity index is 557. The summed E-state index contributed by atoms with van der Waals surface area (Å²) < 4.78 is 26.7. The minimum Gasteiger partial charge on any atom is -0.398 e. The van der Waals surface area contributed by atoms with Crippen molar-refractivity contribution in [2.45, 2.75) is 24.2 Å². The standard InChI is InChI=1S/C13H20ClN3O2S/c14-12-10-11(4-5-13(12)15)20(18,19)16-6-3-9-17-7-1-2-8-17/h4-5,10,16H,1-3,6-9,15H2. The Kier molecular flexibility index (Phi) is 5.26. The van der Waals surface area contributed by atoms with Gasteiger partial charge in [-0.3, -0.25) is 0 Å². The van der Waals surface area contributed by atoms with E-state index in [9.17, 15) is 8.42 Å². The van der Waals surface area contributed by atoms with Crippen molar-refractivity contribution in [2.24, 2.45) is 0 Å². The van der Waals surface area contributed by atoms with Crippen molar-refractivity contribution in [2.75, 3.05) is 31.9 Å². The lowest BCUT2D eigenvalue weighted by atomic mass is 10.3. The Morgan fingerprint density at radius 3 is 2.65 bits per heavy atom. The lowest BCUT2D eigenvalue weighted by Crippen LogP contribution is -2.28. The second kappa shape index (κ2) is 6.76. The van der Waals surface area contributed by atoms with Crippen molar-refractivity contribution in [1.29, 1.82) is 0 Å². The molecule has 0 atom stereocenters. The summed E-state index contributed by atoms with van der Waals surface area (Å²) in [6.07, 6.45) is 3.30. The van der Waals surface area contributed by atoms with Crippen molar-refractivity contribution in [3.05, 3.63) is 23.2 Å². The molecule has 1 saturated heterocycles. The predicted molar refractivity (Wildman–Crippen MR) is 81.3 cm³/mol. The molecule has 5 nitrogen and oxygen atoms in total. The molecule has 0 aliphatic carbocycles. The van der Waals surface area contributed by atoms with Crippen LogP contribution in [-0.2, 0) is 10.0 Å². The highest BCUT2D eigenvalue weighted by molar-refractivity contribution is 7.89. The van der Waals surface area contributed by atoms with Gasteiger partial charge >= 0.3 is 0 Å². The van der Waals surface area contributed by atoms with Gasteiger partial charge in [-0.15, -0.1) is 0 Å². The fourth-order valence-electron chi connectivity index (χ4n) is 2.27. The molecule has 112 valence electrons. The molecule has 0 bridgehead atoms. The number of nitrogens with zero attached hydrogens (tertiary/aromatic N) is 1. The van der Waals surface area contributed by atoms with Crippen molar-refractivity contribution in [3.63, 3.8) is 0 Å². The van der Waals surface area contributed by atoms with E-state index in [1.165, 1.54) is 31.0 Å². The molecule has 0 aromatic heterocycles. The van der Waals surface area contributed by atoms with E-state index in [1.54, 1.807) is 0 Å². The van der Waals surface area contributed by atoms with E-state index in [4.69, 9.17) is 17.3 Å². The first-order valence-corrected chi connectivity index (χ1v) is 8.62. The first kappa shape index (κ1) is 15.6. The zero-order valence-electron chi connectivity index (χ0n) is 11.3. The maximum absolute atomic E-state index is 12.1. The van der Waals surface area contributed by atoms with Crippen LogP contribution in [0.4, 0.5) is 5.69 Å². The molecule has 1 aromatic carbocycles. The maximum Gasteiger partial charge on any atom is 0.240 e. The summed E-state index contributed by atoms with van der Waals surface area (Å²) in [5.74, 6) is 0. The van der Waals surface area contributed by atoms with Crippen LogP contribution in [0.5, 0.6) is 0 Å². The van der Waals surface area contributed by atoms with E-state index in [2.05, 4.69) is 9.62 Å². The number of hydrogen-bond donors (Lipinski definition) is 2. The van der Waals surface area contributed by atoms with Gasteiger partial charge < -0.3 is 10.6 Å². The van der Waals surface area contributed by atoms with Gasteiger partial charge in [0.2, 0.25) is 10.0 Å². The summed E-state index contributed by atoms with van der Waals surface area (Å²) in [5, 5.41) is 0.255. The first-order valence-electron chi connectivity index (χ1n) is 6.76. The number of likely N-dealkylation sites (tertiary alicyclic amines) is 1. The Balaban J connectivity index is 1.85. The van der Waals surface area contributed by atoms with Crippen LogP contribution in [0.1, 0.15) is 19.3 Å². The SMILES string of the molecule is Nc1ccc(S(=O)(=O)NCCCN2CCCC2)cc1Cl. The highest BCUT2D eigenvalue weighted by Gasteiger charge is 2.15. The molecular weight excluding hydrogens is 298 g/mol. The van der Waals surface area contributed by atoms with Crippen LogP contribution in [-0.4, -0.2) is 39.5 Å². The van der Waals surface area contributed by atoms with Crippen molar-refractivity contribution in [1.82, 2.24) is 9.62 Å². The van der Waals surface area contributed by atoms with E-state index in [-0.39, 0.29) is 9.92 Å². The molecule has 1 aliphatic heterocycles. The molecular formula is C13H20ClN3O2S. The molecule has 3 N–H and O–H groups in total. The molecule has 1 fully saturated rings. The summed E-state index contributed by atoms with van der Waals surface area (Å²) >= 11 is 5.84. The molecule has 20 heavy (non-hydrogen) atoms. The number of benzene rings is 1. The minimum absolute atomic E-state index is 0.151. The number of rotatable bonds is 6. The summed E-state index contributed by atoms with van der Waals surface area (Å²) in [6, 6.07) is 4.34. The summed E-state index contributed by atoms with van der Waals surface area (Å²) in [6.45, 7) is 3.62. The highest BCUT2D eigenvalue weighted by atomic mass is 35.5. The average Bonchev–Trinajstić information content (AvgIpc) is 2.91. The van der Waals surface area contributed by atoms with Gasteiger partial charge in [-0.05, 0) is 57.1 Å². The van der Waals surface area contributed by atoms with Crippen LogP contribution >= 0.6 is 11.6 Å². The zero-order valence-corrected chi connectivity index (χ0v) is 12.9. The Labute approximate surface area is 125 Å². The van der Waals surface area contributed by atoms with E-state index in [1.807, 2.05) is 0 Å². The monoisotopic (exact) mass is 317 g/mol. The molecule has 7 heteroatoms. The number of nitrogens with one attached hydrogen (secondary N) is 1. The fourth-order valence-corrected chi connectivity index (χ4v) is 3.62. The largest absolute Gasteiger partial charge is 0.398 e. The second-order valence-electron chi connectivity index (χ2n) is 4.98. The van der Waals surface area contributed by atoms with Crippen molar-refractivity contribution in [3.8, 4) is 0 Å². The molecule has 0 saturated carbocycles. The predicted octanol–water partition coefficient (Wildman–Crippen LogP) is 1.69. The van der Waals surface area contributed by atoms with Gasteiger partial charge in [0.25, 0.3) is 0 Å². The van der Waals surface area contributed by atoms with Crippen LogP contribution in [0, 0.1) is 0 Å². The van der Waals surface area contributed by atoms with E-state index in [0.717, 1.165) is 26.1 Å². The smallest absolute Gasteiger partial charge is 0.240 e. The summed E-state index contributed by atoms with van der Waals surface area (Å²) in [4.78, 5) is 2.51. The zero-order chi connectivity index (χ0) is 14.6. The van der Waals surface area contributed by atoms with Gasteiger partial charge in [-0.1, -0.05) is 11.6 Å². The quantitative estimate of drug-likeness (QED) is 0.618. The minimum atomic E-state index is -3.50. The number of anilines is 1. The van der Waals surface area contributed by atoms with Crippen LogP contribution in [0.3, 0.4) is 0 Å². The van der Waals surface area contributed by atoms with Gasteiger partial charge in [0.15, 0.2) is 0 Å². The summed E-state index contributed by atoms with van der Waals surface area (Å²) in [7, 11) is -3.50. The third-order valence-corrected chi connectivity index (χ3v) is 5.21. The molecule has 1 aliphatic rings. The van der Waals surface area contributed by atoms with Gasteiger partial charge in [0.05, 0.1) is 15.6 Å². The molecule has 0 radical (unpaired) electrons. The number of nitrogen functional groups attached to an aromatic ring is 1. The Morgan fingerprint density at radius 1 is 1.30 bits per heavy atom. The third kappa shape index (κ3) is 4.09. The topological polar surface area (TPSA) is 75.4 Å². The van der Waals surface area contributed by atoms with Gasteiger partial charge in [0.1, 0.15) is 0 Å². The average molecular weight is 318 g/mol. The Morgan fingerprint density at radius 2 is 2.00 bits per heavy atom. The molecule has 0 amide bonds. The van der Waals surface area contributed by atoms with E-state index in [0.29, 0.717) is 12.2 Å². The van der Waals surface area contributed by atoms with E-state index >= 15 is 0 Å². The molecule has 2 rings (SSSR count). The van der Waals surface area contributed by atoms with Crippen LogP contribution in [0.15, 0.2) is 23.1 Å². The normalized spacial score (nSPS) is 16.6. The molecule has 1 aromatic rings. The fraction of sp³-hybridized carbons (Fsp3) is 0.538. The van der Waals surface area contributed by atoms with Gasteiger partial charge in [0, 0.05) is 6.54 Å². The van der Waals surface area contributed by atoms with Crippen LogP contribution < -0.4 is 10.5 Å². The number of nitrogens with two attached hydrogens (primary N) is 1. The first-order chi connectivity index (χ1) is 9.49. The lowest BCUT2D eigenvalue weighted by molar-refractivity contribution is 0.334. The molecule has 1 heterocycles. The molecule has 0 spiro atoms. The van der Waals surface area contributed by atoms with Gasteiger partial charge in [-0.25, -0.2) is 13.1 Å². The number of halogens is 1. The second-order valence-corrected chi connectivity index (χ2v) is 7.16. The van der Waals surface area contributed by atoms with Crippen LogP contribution in [0.2, 0.25) is 5.02 Å². The van der Waals surface area contributed by atoms with Gasteiger partial charge in [-0.2, -0.15) is 0 Å². The Hall–Kier alpha value is -0.820. The third-order valence-electron chi connectivity index (χ3n) is 3.42. The number of hydrogen-bond acceptors (Lipinski definition) is 4. The molecule has 0 unspecified atom stereocenters. The summed E-state index contributed by atoms with van der Waals surface area (Å²) in [5.41, 5.74) is 5.95. The van der Waals surface area contributed by atoms with Crippen molar-refractivity contribution < 1.29 is 8.42 Å². The number of sulfonamides is 1. The maximum atomic E-state index is 12.1.